The van der Waals surface area contributed by atoms with Crippen molar-refractivity contribution in [1.82, 2.24) is 4.57 Å². The van der Waals surface area contributed by atoms with Crippen LogP contribution in [0.25, 0.3) is 27.8 Å². The molecule has 64 heavy (non-hydrogen) atoms. The molecule has 3 aliphatic heterocycles. The molecular weight excluding hydrogens is 779 g/mol. The first-order chi connectivity index (χ1) is 33.4. The van der Waals surface area contributed by atoms with Crippen LogP contribution < -0.4 is 30.8 Å². The highest BCUT2D eigenvalue weighted by Gasteiger charge is 2.50. The average molecular weight is 842 g/mol. The van der Waals surface area contributed by atoms with Gasteiger partial charge in [0.1, 0.15) is 23.4 Å². The van der Waals surface area contributed by atoms with Gasteiger partial charge in [0.15, 0.2) is 0 Å². The van der Waals surface area contributed by atoms with Crippen LogP contribution in [0.5, 0.6) is 17.2 Å². The molecule has 1 aliphatic carbocycles. The maximum atomic E-state index is 10.0. The Morgan fingerprint density at radius 1 is 0.641 bits per heavy atom. The van der Waals surface area contributed by atoms with Crippen molar-refractivity contribution in [2.75, 3.05) is 4.90 Å². The Balaban J connectivity index is 1.19. The summed E-state index contributed by atoms with van der Waals surface area (Å²) in [5.41, 5.74) is 13.1. The van der Waals surface area contributed by atoms with Gasteiger partial charge in [0, 0.05) is 50.5 Å². The molecule has 0 spiro atoms. The fraction of sp³-hybridized carbons (Fsp3) is 0.254. The van der Waals surface area contributed by atoms with Crippen molar-refractivity contribution < 1.29 is 19.1 Å². The van der Waals surface area contributed by atoms with E-state index in [0.717, 1.165) is 50.4 Å². The van der Waals surface area contributed by atoms with Crippen LogP contribution in [0.15, 0.2) is 145 Å². The number of aromatic nitrogens is 1. The van der Waals surface area contributed by atoms with Crippen LogP contribution in [0.4, 0.5) is 17.1 Å². The van der Waals surface area contributed by atoms with Gasteiger partial charge in [-0.25, -0.2) is 0 Å². The molecule has 316 valence electrons. The van der Waals surface area contributed by atoms with Gasteiger partial charge in [-0.1, -0.05) is 172 Å². The van der Waals surface area contributed by atoms with Crippen molar-refractivity contribution in [2.24, 2.45) is 0 Å². The molecule has 7 aromatic carbocycles. The highest BCUT2D eigenvalue weighted by Crippen LogP contribution is 2.57. The number of benzene rings is 7. The van der Waals surface area contributed by atoms with Crippen LogP contribution in [-0.2, 0) is 21.7 Å². The summed E-state index contributed by atoms with van der Waals surface area (Å²) in [5.74, 6) is 1.10. The Kier molecular flexibility index (Phi) is 6.58. The summed E-state index contributed by atoms with van der Waals surface area (Å²) in [7, 11) is 0. The molecule has 0 fully saturated rings. The smallest absolute Gasteiger partial charge is 0.256 e. The zero-order valence-electron chi connectivity index (χ0n) is 45.2. The van der Waals surface area contributed by atoms with E-state index in [4.69, 9.17) is 16.3 Å². The second kappa shape index (κ2) is 13.1. The monoisotopic (exact) mass is 841 g/mol. The lowest BCUT2D eigenvalue weighted by atomic mass is 9.33. The fourth-order valence-corrected chi connectivity index (χ4v) is 11.3. The number of rotatable bonds is 3. The summed E-state index contributed by atoms with van der Waals surface area (Å²) in [4.78, 5) is 2.34. The van der Waals surface area contributed by atoms with Crippen molar-refractivity contribution in [3.63, 3.8) is 0 Å². The van der Waals surface area contributed by atoms with Crippen LogP contribution >= 0.6 is 0 Å². The third kappa shape index (κ3) is 5.36. The number of anilines is 3. The SMILES string of the molecule is [2H]c1c([2H])c([2H])c(C2Oc3c([2H])c([2H])c4c(c3C2(C)C)Oc2cc(-n3c5c(c6ccccc63)C(C)(C)c3ccccc3-5)cc3c2B4c2cc(C(C)(C)C)ccc2N3c2ccc(C(C)(C)C)cc2)c([2H])c1[2H]. The van der Waals surface area contributed by atoms with Gasteiger partial charge in [0.25, 0.3) is 6.71 Å². The molecule has 0 bridgehead atoms. The number of nitrogens with zero attached hydrogens (tertiary/aromatic N) is 2. The van der Waals surface area contributed by atoms with Crippen LogP contribution in [0, 0.1) is 0 Å². The van der Waals surface area contributed by atoms with E-state index in [9.17, 15) is 2.74 Å². The first-order valence-electron chi connectivity index (χ1n) is 26.0. The van der Waals surface area contributed by atoms with Gasteiger partial charge < -0.3 is 18.9 Å². The molecule has 5 heteroatoms. The van der Waals surface area contributed by atoms with Gasteiger partial charge >= 0.3 is 0 Å². The highest BCUT2D eigenvalue weighted by atomic mass is 16.5. The zero-order valence-corrected chi connectivity index (χ0v) is 38.2. The number of hydrogen-bond acceptors (Lipinski definition) is 3. The molecule has 8 aromatic rings. The molecule has 1 aromatic heterocycles. The summed E-state index contributed by atoms with van der Waals surface area (Å²) in [6, 6.07) is 34.9. The van der Waals surface area contributed by atoms with E-state index < -0.39 is 36.4 Å². The Morgan fingerprint density at radius 2 is 1.34 bits per heavy atom. The number of fused-ring (bicyclic) bond motifs is 11. The quantitative estimate of drug-likeness (QED) is 0.166. The zero-order chi connectivity index (χ0) is 50.3. The molecule has 0 radical (unpaired) electrons. The number of hydrogen-bond donors (Lipinski definition) is 0. The molecule has 12 rings (SSSR count). The average Bonchev–Trinajstić information content (AvgIpc) is 3.91. The van der Waals surface area contributed by atoms with Crippen molar-refractivity contribution in [3.05, 3.63) is 179 Å². The highest BCUT2D eigenvalue weighted by molar-refractivity contribution is 6.99. The number of para-hydroxylation sites is 1. The molecular formula is C59H55BN2O2. The lowest BCUT2D eigenvalue weighted by molar-refractivity contribution is 0.168. The molecule has 0 N–H and O–H groups in total. The minimum absolute atomic E-state index is 0.000149. The normalized spacial score (nSPS) is 18.7. The second-order valence-electron chi connectivity index (χ2n) is 21.3. The van der Waals surface area contributed by atoms with Crippen molar-refractivity contribution in [3.8, 4) is 34.2 Å². The van der Waals surface area contributed by atoms with Crippen molar-refractivity contribution in [2.45, 2.75) is 97.0 Å². The topological polar surface area (TPSA) is 26.6 Å². The van der Waals surface area contributed by atoms with Crippen molar-refractivity contribution >= 4 is 51.1 Å². The van der Waals surface area contributed by atoms with E-state index in [1.807, 2.05) is 13.8 Å². The Morgan fingerprint density at radius 3 is 2.09 bits per heavy atom. The molecule has 0 saturated heterocycles. The Bertz CT molecular complexity index is 3650. The van der Waals surface area contributed by atoms with Gasteiger partial charge in [-0.3, -0.25) is 0 Å². The first kappa shape index (κ1) is 32.2. The minimum atomic E-state index is -1.10. The molecule has 1 unspecified atom stereocenters. The van der Waals surface area contributed by atoms with E-state index in [2.05, 4.69) is 168 Å². The summed E-state index contributed by atoms with van der Waals surface area (Å²) in [5, 5.41) is 1.17. The maximum absolute atomic E-state index is 10.0. The lowest BCUT2D eigenvalue weighted by Gasteiger charge is -2.42. The van der Waals surface area contributed by atoms with Gasteiger partial charge in [-0.15, -0.1) is 0 Å². The molecule has 4 aliphatic rings. The third-order valence-corrected chi connectivity index (χ3v) is 14.5. The van der Waals surface area contributed by atoms with Gasteiger partial charge in [-0.2, -0.15) is 0 Å². The molecule has 0 saturated carbocycles. The Labute approximate surface area is 388 Å². The van der Waals surface area contributed by atoms with Crippen molar-refractivity contribution in [1.29, 1.82) is 0 Å². The van der Waals surface area contributed by atoms with Crippen LogP contribution in [0.1, 0.15) is 118 Å². The standard InChI is InChI=1S/C59H55BN2O2/c1-56(2,3)36-24-27-38(28-25-36)61-46-30-26-37(57(4,5)6)32-44(46)60-43-29-31-48-51(59(9,10)55(64-48)35-18-12-11-13-19-35)54(43)63-49-34-39(33-47(61)52(49)60)62-45-23-17-15-21-41(45)50-53(62)40-20-14-16-22-42(40)58(50,7)8/h11-34,55H,1-10H3/i11D,12D,13D,18D,19D,29D,31D. The third-order valence-electron chi connectivity index (χ3n) is 14.5. The second-order valence-corrected chi connectivity index (χ2v) is 21.3. The summed E-state index contributed by atoms with van der Waals surface area (Å²) in [6.07, 6.45) is -1.09. The Hall–Kier alpha value is -6.46. The van der Waals surface area contributed by atoms with Gasteiger partial charge in [-0.05, 0) is 91.4 Å². The fourth-order valence-electron chi connectivity index (χ4n) is 11.3. The molecule has 1 atom stereocenters. The van der Waals surface area contributed by atoms with Crippen LogP contribution in [0.3, 0.4) is 0 Å². The van der Waals surface area contributed by atoms with Crippen LogP contribution in [0.2, 0.25) is 0 Å². The van der Waals surface area contributed by atoms with Gasteiger partial charge in [0.2, 0.25) is 0 Å². The van der Waals surface area contributed by atoms with E-state index in [1.54, 1.807) is 0 Å². The summed E-state index contributed by atoms with van der Waals surface area (Å²) in [6.45, 7) is 21.1. The minimum Gasteiger partial charge on any atom is -0.484 e. The van der Waals surface area contributed by atoms with E-state index in [-0.39, 0.29) is 51.7 Å². The van der Waals surface area contributed by atoms with Crippen LogP contribution in [-0.4, -0.2) is 11.3 Å². The van der Waals surface area contributed by atoms with E-state index in [1.165, 1.54) is 27.6 Å². The largest absolute Gasteiger partial charge is 0.484 e. The van der Waals surface area contributed by atoms with E-state index in [0.29, 0.717) is 22.5 Å². The van der Waals surface area contributed by atoms with Gasteiger partial charge in [0.05, 0.1) is 26.5 Å². The van der Waals surface area contributed by atoms with E-state index >= 15 is 0 Å². The predicted octanol–water partition coefficient (Wildman–Crippen LogP) is 13.3. The summed E-state index contributed by atoms with van der Waals surface area (Å²) >= 11 is 0. The number of ether oxygens (including phenoxy) is 2. The predicted molar refractivity (Wildman–Crippen MR) is 267 cm³/mol. The lowest BCUT2D eigenvalue weighted by Crippen LogP contribution is -2.60. The molecule has 4 nitrogen and oxygen atoms in total. The molecule has 4 heterocycles. The first-order valence-corrected chi connectivity index (χ1v) is 22.5. The maximum Gasteiger partial charge on any atom is 0.256 e. The summed E-state index contributed by atoms with van der Waals surface area (Å²) < 4.78 is 80.0. The molecule has 0 amide bonds.